The molecule has 2 N–H and O–H groups in total. The summed E-state index contributed by atoms with van der Waals surface area (Å²) in [5.74, 6) is -0.933. The molecule has 0 spiro atoms. The number of benzene rings is 1. The van der Waals surface area contributed by atoms with Crippen LogP contribution in [0.1, 0.15) is 40.2 Å². The molecule has 0 bridgehead atoms. The molecule has 134 valence electrons. The largest absolute Gasteiger partial charge is 0.458 e. The molecule has 0 aromatic heterocycles. The van der Waals surface area contributed by atoms with Gasteiger partial charge in [0.05, 0.1) is 6.10 Å². The average Bonchev–Trinajstić information content (AvgIpc) is 2.49. The minimum atomic E-state index is -1.19. The second kappa shape index (κ2) is 8.68. The van der Waals surface area contributed by atoms with Gasteiger partial charge >= 0.3 is 12.1 Å². The molecule has 0 heterocycles. The van der Waals surface area contributed by atoms with E-state index in [0.29, 0.717) is 0 Å². The summed E-state index contributed by atoms with van der Waals surface area (Å²) in [6.45, 7) is 8.73. The van der Waals surface area contributed by atoms with Gasteiger partial charge in [-0.3, -0.25) is 0 Å². The average molecular weight is 337 g/mol. The maximum absolute atomic E-state index is 12.3. The van der Waals surface area contributed by atoms with Crippen molar-refractivity contribution in [2.45, 2.75) is 59.0 Å². The maximum Gasteiger partial charge on any atom is 0.408 e. The minimum Gasteiger partial charge on any atom is -0.458 e. The zero-order valence-corrected chi connectivity index (χ0v) is 14.9. The monoisotopic (exact) mass is 337 g/mol. The van der Waals surface area contributed by atoms with Crippen molar-refractivity contribution in [1.29, 1.82) is 0 Å². The van der Waals surface area contributed by atoms with Gasteiger partial charge in [-0.1, -0.05) is 44.2 Å². The van der Waals surface area contributed by atoms with Crippen LogP contribution in [-0.2, 0) is 20.9 Å². The molecule has 6 nitrogen and oxygen atoms in total. The first-order valence-electron chi connectivity index (χ1n) is 7.98. The van der Waals surface area contributed by atoms with Crippen molar-refractivity contribution in [3.05, 3.63) is 35.9 Å². The number of esters is 1. The fourth-order valence-corrected chi connectivity index (χ4v) is 1.93. The molecule has 1 rings (SSSR count). The van der Waals surface area contributed by atoms with Gasteiger partial charge in [0.2, 0.25) is 0 Å². The van der Waals surface area contributed by atoms with Gasteiger partial charge in [-0.25, -0.2) is 9.59 Å². The number of hydrogen-bond acceptors (Lipinski definition) is 5. The first kappa shape index (κ1) is 20.0. The first-order valence-corrected chi connectivity index (χ1v) is 7.98. The van der Waals surface area contributed by atoms with Crippen LogP contribution in [0.5, 0.6) is 0 Å². The molecular formula is C18H27NO5. The number of ether oxygens (including phenoxy) is 2. The highest BCUT2D eigenvalue weighted by molar-refractivity contribution is 5.82. The van der Waals surface area contributed by atoms with E-state index in [1.165, 1.54) is 0 Å². The molecule has 0 aliphatic rings. The molecule has 0 saturated heterocycles. The number of alkyl carbamates (subject to hydrolysis) is 1. The van der Waals surface area contributed by atoms with Gasteiger partial charge in [0, 0.05) is 0 Å². The Kier molecular flexibility index (Phi) is 7.22. The lowest BCUT2D eigenvalue weighted by Crippen LogP contribution is -2.52. The third kappa shape index (κ3) is 7.00. The predicted molar refractivity (Wildman–Crippen MR) is 90.2 cm³/mol. The van der Waals surface area contributed by atoms with Crippen LogP contribution in [0.4, 0.5) is 4.79 Å². The summed E-state index contributed by atoms with van der Waals surface area (Å²) in [5.41, 5.74) is 0.104. The molecule has 1 aromatic carbocycles. The van der Waals surface area contributed by atoms with Gasteiger partial charge < -0.3 is 19.9 Å². The van der Waals surface area contributed by atoms with Crippen LogP contribution in [0.15, 0.2) is 30.3 Å². The van der Waals surface area contributed by atoms with Crippen LogP contribution in [0.3, 0.4) is 0 Å². The standard InChI is InChI=1S/C18H27NO5/c1-12(2)15(20)14(16(21)24-18(3,4)5)19-17(22)23-11-13-9-7-6-8-10-13/h6-10,12,14-15,20H,11H2,1-5H3,(H,19,22). The van der Waals surface area contributed by atoms with E-state index in [1.807, 2.05) is 30.3 Å². The second-order valence-electron chi connectivity index (χ2n) is 6.95. The number of aliphatic hydroxyl groups is 1. The fourth-order valence-electron chi connectivity index (χ4n) is 1.93. The van der Waals surface area contributed by atoms with Crippen molar-refractivity contribution < 1.29 is 24.2 Å². The zero-order chi connectivity index (χ0) is 18.3. The zero-order valence-electron chi connectivity index (χ0n) is 14.9. The summed E-state index contributed by atoms with van der Waals surface area (Å²) in [7, 11) is 0. The van der Waals surface area contributed by atoms with E-state index in [1.54, 1.807) is 34.6 Å². The van der Waals surface area contributed by atoms with Crippen LogP contribution >= 0.6 is 0 Å². The number of nitrogens with one attached hydrogen (secondary N) is 1. The molecule has 2 atom stereocenters. The molecule has 0 saturated carbocycles. The summed E-state index contributed by atoms with van der Waals surface area (Å²) < 4.78 is 10.4. The van der Waals surface area contributed by atoms with Crippen LogP contribution in [-0.4, -0.2) is 34.9 Å². The predicted octanol–water partition coefficient (Wildman–Crippen LogP) is 2.64. The summed E-state index contributed by atoms with van der Waals surface area (Å²) in [4.78, 5) is 24.2. The normalized spacial score (nSPS) is 14.0. The first-order chi connectivity index (χ1) is 11.1. The highest BCUT2D eigenvalue weighted by atomic mass is 16.6. The van der Waals surface area contributed by atoms with Crippen molar-refractivity contribution in [3.8, 4) is 0 Å². The maximum atomic E-state index is 12.3. The Morgan fingerprint density at radius 2 is 1.75 bits per heavy atom. The SMILES string of the molecule is CC(C)C(O)C(NC(=O)OCc1ccccc1)C(=O)OC(C)(C)C. The van der Waals surface area contributed by atoms with E-state index in [2.05, 4.69) is 5.32 Å². The number of carbonyl (C=O) groups excluding carboxylic acids is 2. The Bertz CT molecular complexity index is 536. The molecule has 0 aliphatic carbocycles. The van der Waals surface area contributed by atoms with Crippen molar-refractivity contribution in [2.75, 3.05) is 0 Å². The molecule has 0 fully saturated rings. The Labute approximate surface area is 143 Å². The molecule has 1 aromatic rings. The number of rotatable bonds is 6. The number of carbonyl (C=O) groups is 2. The quantitative estimate of drug-likeness (QED) is 0.780. The van der Waals surface area contributed by atoms with E-state index < -0.39 is 29.8 Å². The van der Waals surface area contributed by atoms with Gasteiger partial charge in [-0.05, 0) is 32.3 Å². The van der Waals surface area contributed by atoms with Crippen molar-refractivity contribution >= 4 is 12.1 Å². The van der Waals surface area contributed by atoms with Gasteiger partial charge in [0.1, 0.15) is 12.2 Å². The van der Waals surface area contributed by atoms with E-state index in [-0.39, 0.29) is 12.5 Å². The van der Waals surface area contributed by atoms with Crippen molar-refractivity contribution in [1.82, 2.24) is 5.32 Å². The number of amides is 1. The molecule has 6 heteroatoms. The van der Waals surface area contributed by atoms with E-state index in [0.717, 1.165) is 5.56 Å². The Morgan fingerprint density at radius 3 is 2.25 bits per heavy atom. The van der Waals surface area contributed by atoms with E-state index in [4.69, 9.17) is 9.47 Å². The van der Waals surface area contributed by atoms with Gasteiger partial charge in [0.15, 0.2) is 6.04 Å². The smallest absolute Gasteiger partial charge is 0.408 e. The summed E-state index contributed by atoms with van der Waals surface area (Å²) in [5, 5.41) is 12.6. The van der Waals surface area contributed by atoms with Crippen molar-refractivity contribution in [3.63, 3.8) is 0 Å². The molecule has 2 unspecified atom stereocenters. The molecule has 0 radical (unpaired) electrons. The molecule has 24 heavy (non-hydrogen) atoms. The van der Waals surface area contributed by atoms with Crippen LogP contribution < -0.4 is 5.32 Å². The molecule has 1 amide bonds. The fraction of sp³-hybridized carbons (Fsp3) is 0.556. The highest BCUT2D eigenvalue weighted by Crippen LogP contribution is 2.14. The molecule has 0 aliphatic heterocycles. The minimum absolute atomic E-state index is 0.0749. The third-order valence-corrected chi connectivity index (χ3v) is 3.17. The Balaban J connectivity index is 2.69. The molecular weight excluding hydrogens is 310 g/mol. The summed E-state index contributed by atoms with van der Waals surface area (Å²) in [6.07, 6.45) is -1.86. The summed E-state index contributed by atoms with van der Waals surface area (Å²) >= 11 is 0. The lowest BCUT2D eigenvalue weighted by molar-refractivity contribution is -0.161. The van der Waals surface area contributed by atoms with E-state index >= 15 is 0 Å². The van der Waals surface area contributed by atoms with Crippen molar-refractivity contribution in [2.24, 2.45) is 5.92 Å². The van der Waals surface area contributed by atoms with Gasteiger partial charge in [-0.2, -0.15) is 0 Å². The number of aliphatic hydroxyl groups excluding tert-OH is 1. The highest BCUT2D eigenvalue weighted by Gasteiger charge is 2.34. The van der Waals surface area contributed by atoms with Crippen LogP contribution in [0.2, 0.25) is 0 Å². The Morgan fingerprint density at radius 1 is 1.17 bits per heavy atom. The lowest BCUT2D eigenvalue weighted by Gasteiger charge is -2.28. The topological polar surface area (TPSA) is 84.9 Å². The number of hydrogen-bond donors (Lipinski definition) is 2. The summed E-state index contributed by atoms with van der Waals surface area (Å²) in [6, 6.07) is 7.99. The Hall–Kier alpha value is -2.08. The van der Waals surface area contributed by atoms with Crippen LogP contribution in [0, 0.1) is 5.92 Å². The lowest BCUT2D eigenvalue weighted by atomic mass is 9.99. The van der Waals surface area contributed by atoms with E-state index in [9.17, 15) is 14.7 Å². The van der Waals surface area contributed by atoms with Gasteiger partial charge in [-0.15, -0.1) is 0 Å². The third-order valence-electron chi connectivity index (χ3n) is 3.17. The van der Waals surface area contributed by atoms with Gasteiger partial charge in [0.25, 0.3) is 0 Å². The van der Waals surface area contributed by atoms with Crippen LogP contribution in [0.25, 0.3) is 0 Å². The second-order valence-corrected chi connectivity index (χ2v) is 6.95.